The third-order valence-corrected chi connectivity index (χ3v) is 65.9. The molecule has 12 aliphatic heterocycles. The van der Waals surface area contributed by atoms with Gasteiger partial charge in [0.15, 0.2) is 0 Å². The maximum atomic E-state index is 15.8. The van der Waals surface area contributed by atoms with Crippen molar-refractivity contribution in [1.29, 1.82) is 0 Å². The Hall–Kier alpha value is 0.770. The van der Waals surface area contributed by atoms with Crippen molar-refractivity contribution in [3.05, 3.63) is 197 Å². The maximum absolute atomic E-state index is 15.8. The fourth-order valence-electron chi connectivity index (χ4n) is 13.2. The quantitative estimate of drug-likeness (QED) is 0.0234. The number of amides is 4. The lowest BCUT2D eigenvalue weighted by Gasteiger charge is -2.29. The normalized spacial score (nSPS) is 19.8. The zero-order valence-electron chi connectivity index (χ0n) is 71.9. The number of ether oxygens (including phenoxy) is 6. The Kier molecular flexibility index (Phi) is 43.2. The van der Waals surface area contributed by atoms with Gasteiger partial charge in [-0.1, -0.05) is 267 Å². The molecule has 0 fully saturated rings. The largest absolute Gasteiger partial charge is 0.465 e. The summed E-state index contributed by atoms with van der Waals surface area (Å²) in [5.41, 5.74) is 2.99. The van der Waals surface area contributed by atoms with Crippen molar-refractivity contribution >= 4 is 430 Å². The van der Waals surface area contributed by atoms with Crippen LogP contribution in [-0.4, -0.2) is 205 Å². The number of benzene rings is 3. The van der Waals surface area contributed by atoms with Crippen molar-refractivity contribution in [3.63, 3.8) is 0 Å². The molecular formula is C84H82N4O15S32. The molecule has 0 aromatic heterocycles. The lowest BCUT2D eigenvalue weighted by molar-refractivity contribution is -0.164. The van der Waals surface area contributed by atoms with E-state index >= 15 is 19.2 Å². The van der Waals surface area contributed by atoms with Gasteiger partial charge < -0.3 is 49.7 Å². The first-order valence-electron chi connectivity index (χ1n) is 41.0. The summed E-state index contributed by atoms with van der Waals surface area (Å²) < 4.78 is 65.0. The van der Waals surface area contributed by atoms with Gasteiger partial charge in [0.25, 0.3) is 0 Å². The molecule has 0 radical (unpaired) electrons. The Morgan fingerprint density at radius 3 is 0.881 bits per heavy atom. The lowest BCUT2D eigenvalue weighted by Crippen LogP contribution is -2.59. The highest BCUT2D eigenvalue weighted by Gasteiger charge is 2.43. The van der Waals surface area contributed by atoms with Crippen molar-refractivity contribution in [1.82, 2.24) is 21.3 Å². The Labute approximate surface area is 921 Å². The van der Waals surface area contributed by atoms with Crippen LogP contribution in [0.1, 0.15) is 62.1 Å². The molecule has 4 atom stereocenters. The molecule has 4 amide bonds. The summed E-state index contributed by atoms with van der Waals surface area (Å²) in [6.45, 7) is 2.65. The Balaban J connectivity index is 0.650. The molecule has 0 saturated carbocycles. The highest BCUT2D eigenvalue weighted by Crippen LogP contribution is 2.72. The molecule has 0 spiro atoms. The molecule has 135 heavy (non-hydrogen) atoms. The van der Waals surface area contributed by atoms with E-state index in [-0.39, 0.29) is 38.8 Å². The van der Waals surface area contributed by atoms with Gasteiger partial charge in [-0.05, 0) is 66.7 Å². The van der Waals surface area contributed by atoms with Crippen LogP contribution in [0.5, 0.6) is 0 Å². The summed E-state index contributed by atoms with van der Waals surface area (Å²) in [5.74, 6) is 1.10. The second kappa shape index (κ2) is 53.8. The van der Waals surface area contributed by atoms with E-state index in [1.165, 1.54) is 103 Å². The number of carbonyl (C=O) groups excluding carboxylic acids is 9. The third kappa shape index (κ3) is 29.7. The molecule has 0 saturated heterocycles. The fourth-order valence-corrected chi connectivity index (χ4v) is 59.5. The van der Waals surface area contributed by atoms with Crippen LogP contribution in [0.2, 0.25) is 0 Å². The van der Waals surface area contributed by atoms with E-state index in [4.69, 9.17) is 28.4 Å². The van der Waals surface area contributed by atoms with Gasteiger partial charge in [0.1, 0.15) is 62.8 Å². The molecule has 3 aromatic rings. The van der Waals surface area contributed by atoms with Gasteiger partial charge in [0, 0.05) is 75.0 Å². The molecule has 720 valence electrons. The minimum atomic E-state index is -1.99. The summed E-state index contributed by atoms with van der Waals surface area (Å²) in [5, 5.41) is 10.5. The number of carbonyl (C=O) groups is 9. The van der Waals surface area contributed by atoms with Crippen LogP contribution in [0.3, 0.4) is 0 Å². The fraction of sp³-hybridized carbons (Fsp3) is 0.393. The van der Waals surface area contributed by atoms with Crippen molar-refractivity contribution in [2.24, 2.45) is 0 Å². The van der Waals surface area contributed by atoms with E-state index in [1.807, 2.05) is 215 Å². The van der Waals surface area contributed by atoms with Crippen LogP contribution >= 0.6 is 376 Å². The van der Waals surface area contributed by atoms with E-state index in [0.29, 0.717) is 22.8 Å². The van der Waals surface area contributed by atoms with Crippen molar-refractivity contribution in [2.45, 2.75) is 75.2 Å². The number of esters is 5. The smallest absolute Gasteiger partial charge is 0.407 e. The van der Waals surface area contributed by atoms with E-state index in [9.17, 15) is 24.0 Å². The number of thioether (sulfide) groups is 32. The number of hydrogen-bond acceptors (Lipinski definition) is 47. The summed E-state index contributed by atoms with van der Waals surface area (Å²) in [7, 11) is 0. The molecule has 0 unspecified atom stereocenters. The molecule has 19 nitrogen and oxygen atoms in total. The maximum Gasteiger partial charge on any atom is 0.407 e. The highest BCUT2D eigenvalue weighted by atomic mass is 32.3. The standard InChI is InChI=1S/C84H82N4O15S32/c1-84(2,41-14-8-7-9-15-41)103-58(96)50(39-54(92)101-23-27-111-66-62(107-6)123-78(127-66)82-134-73-74(135-82)119-35-34-118-73)87-56(94)48(37-52(90)99-21-25-109-64-60(105-4)121-76(125-64)80-130-69-70(131-80)115-31-30-114-69)85-55(93)47(36-51(89)98-20-24-108-63-59(104-3)120-75(124-63)79-128-67-68(129-79)113-29-28-112-67)86-57(95)49(88-83(97)102-40-46-44-18-12-10-16-42(44)43-17-11-13-19-45(43)46)38-53(91)100-22-26-110-65-61(106-5)122-77(126-65)81-132-71-72(133-81)117-33-32-116-71/h7-19,46-50H,20-40H2,1-6H3,(H,85,93)(H,86,95)(H,87,94)(H,88,97)/t47-,48-,49-,50-/m0/s1. The third-order valence-electron chi connectivity index (χ3n) is 19.4. The molecule has 51 heteroatoms. The first-order chi connectivity index (χ1) is 65.6. The molecule has 0 bridgehead atoms. The molecule has 13 aliphatic rings. The topological polar surface area (TPSA) is 257 Å². The van der Waals surface area contributed by atoms with Crippen LogP contribution in [0.15, 0.2) is 181 Å². The number of hydrogen-bond donors (Lipinski definition) is 4. The second-order valence-electron chi connectivity index (χ2n) is 28.7. The van der Waals surface area contributed by atoms with Gasteiger partial charge in [-0.25, -0.2) is 9.59 Å². The number of nitrogens with one attached hydrogen (secondary N) is 4. The van der Waals surface area contributed by atoms with Crippen LogP contribution in [-0.2, 0) is 72.4 Å². The van der Waals surface area contributed by atoms with E-state index < -0.39 is 115 Å². The van der Waals surface area contributed by atoms with Gasteiger partial charge in [-0.3, -0.25) is 33.6 Å². The Morgan fingerprint density at radius 2 is 0.578 bits per heavy atom. The van der Waals surface area contributed by atoms with Crippen molar-refractivity contribution in [2.75, 3.05) is 127 Å². The SMILES string of the molecule is CSC1=C(SCCOC(=O)C[C@H](NC(=O)OCC2c3ccccc3-c3ccccc32)C(=O)N[C@@H](CC(=O)OCCSC2=C(SC)SC(=C3SC4=C(SCCS4)S3)S2)C(=O)N[C@@H](CC(=O)OCCSC2=C(SC)SC(=C3SC4=C(SCCS4)S3)S2)C(=O)N[C@@H](CC(=O)OCCSC2=C(SC)SC(=C3SC4=C(SCCS4)S3)S2)C(=O)OC(C)(C)c2ccccc2)SC(=C2SC3=C(SCCS3)S2)S1. The average Bonchev–Trinajstić information content (AvgIpc) is 1.61. The van der Waals surface area contributed by atoms with Gasteiger partial charge >= 0.3 is 35.9 Å². The summed E-state index contributed by atoms with van der Waals surface area (Å²) >= 11 is 55.9. The molecule has 12 heterocycles. The number of rotatable bonds is 40. The lowest BCUT2D eigenvalue weighted by atomic mass is 9.98. The number of alkyl carbamates (subject to hydrolysis) is 1. The summed E-state index contributed by atoms with van der Waals surface area (Å²) in [6, 6.07) is 16.8. The zero-order valence-corrected chi connectivity index (χ0v) is 98.1. The first kappa shape index (κ1) is 108. The van der Waals surface area contributed by atoms with Crippen molar-refractivity contribution < 1.29 is 71.6 Å². The zero-order chi connectivity index (χ0) is 94.1. The van der Waals surface area contributed by atoms with Gasteiger partial charge in [-0.15, -0.1) is 188 Å². The monoisotopic (exact) mass is 2410 g/mol. The van der Waals surface area contributed by atoms with Gasteiger partial charge in [-0.2, -0.15) is 0 Å². The predicted molar refractivity (Wildman–Crippen MR) is 625 cm³/mol. The molecular weight excluding hydrogens is 2330 g/mol. The highest BCUT2D eigenvalue weighted by molar-refractivity contribution is 8.49. The Bertz CT molecular complexity index is 5440. The van der Waals surface area contributed by atoms with Crippen LogP contribution in [0, 0.1) is 0 Å². The van der Waals surface area contributed by atoms with Gasteiger partial charge in [0.05, 0.1) is 127 Å². The van der Waals surface area contributed by atoms with Crippen LogP contribution in [0.4, 0.5) is 4.79 Å². The molecule has 1 aliphatic carbocycles. The van der Waals surface area contributed by atoms with Gasteiger partial charge in [0.2, 0.25) is 17.7 Å². The first-order valence-corrected chi connectivity index (χ1v) is 70.8. The average molecular weight is 2410 g/mol. The van der Waals surface area contributed by atoms with Crippen LogP contribution in [0.25, 0.3) is 11.1 Å². The molecule has 3 aromatic carbocycles. The summed E-state index contributed by atoms with van der Waals surface area (Å²) in [4.78, 5) is 135. The molecule has 16 rings (SSSR count). The van der Waals surface area contributed by atoms with Crippen LogP contribution < -0.4 is 21.3 Å². The Morgan fingerprint density at radius 1 is 0.319 bits per heavy atom. The van der Waals surface area contributed by atoms with E-state index in [0.717, 1.165) is 102 Å². The number of fused-ring (bicyclic) bond motifs is 3. The minimum Gasteiger partial charge on any atom is -0.465 e. The minimum absolute atomic E-state index is 0.0794. The summed E-state index contributed by atoms with van der Waals surface area (Å²) in [6.07, 6.45) is 3.65. The van der Waals surface area contributed by atoms with E-state index in [2.05, 4.69) is 21.3 Å². The predicted octanol–water partition coefficient (Wildman–Crippen LogP) is 27.2. The second-order valence-corrected chi connectivity index (χ2v) is 67.8. The van der Waals surface area contributed by atoms with Crippen molar-refractivity contribution in [3.8, 4) is 11.1 Å². The molecule has 4 N–H and O–H groups in total. The van der Waals surface area contributed by atoms with E-state index in [1.54, 1.807) is 244 Å².